The molecule has 1 heterocycles. The molecule has 1 amide bonds. The first-order valence-corrected chi connectivity index (χ1v) is 4.98. The molecule has 4 nitrogen and oxygen atoms in total. The van der Waals surface area contributed by atoms with Crippen molar-refractivity contribution in [1.29, 1.82) is 0 Å². The summed E-state index contributed by atoms with van der Waals surface area (Å²) in [4.78, 5) is 11.8. The van der Waals surface area contributed by atoms with Crippen LogP contribution in [0.2, 0.25) is 0 Å². The molecule has 0 saturated carbocycles. The zero-order valence-electron chi connectivity index (χ0n) is 9.16. The molecule has 0 atom stereocenters. The van der Waals surface area contributed by atoms with Gasteiger partial charge in [-0.1, -0.05) is 0 Å². The van der Waals surface area contributed by atoms with E-state index in [1.54, 1.807) is 13.0 Å². The van der Waals surface area contributed by atoms with Crippen LogP contribution >= 0.6 is 0 Å². The molecule has 17 heavy (non-hydrogen) atoms. The predicted octanol–water partition coefficient (Wildman–Crippen LogP) is 2.56. The number of hydrogen-bond donors (Lipinski definition) is 2. The average Bonchev–Trinajstić information content (AvgIpc) is 2.70. The first-order chi connectivity index (χ1) is 8.08. The molecule has 0 saturated heterocycles. The van der Waals surface area contributed by atoms with Gasteiger partial charge in [0.05, 0.1) is 23.2 Å². The van der Waals surface area contributed by atoms with Gasteiger partial charge in [-0.15, -0.1) is 0 Å². The number of nitrogen functional groups attached to an aromatic ring is 1. The Morgan fingerprint density at radius 1 is 1.41 bits per heavy atom. The molecule has 1 aromatic carbocycles. The highest BCUT2D eigenvalue weighted by Gasteiger charge is 2.13. The van der Waals surface area contributed by atoms with E-state index in [9.17, 15) is 9.18 Å². The maximum atomic E-state index is 13.0. The van der Waals surface area contributed by atoms with E-state index in [-0.39, 0.29) is 11.6 Å². The third-order valence-electron chi connectivity index (χ3n) is 2.37. The number of benzene rings is 1. The summed E-state index contributed by atoms with van der Waals surface area (Å²) in [7, 11) is 0. The lowest BCUT2D eigenvalue weighted by Crippen LogP contribution is -2.13. The summed E-state index contributed by atoms with van der Waals surface area (Å²) in [6, 6.07) is 5.34. The Morgan fingerprint density at radius 2 is 2.18 bits per heavy atom. The summed E-state index contributed by atoms with van der Waals surface area (Å²) < 4.78 is 18.0. The van der Waals surface area contributed by atoms with Gasteiger partial charge in [-0.25, -0.2) is 4.39 Å². The minimum absolute atomic E-state index is 0.246. The van der Waals surface area contributed by atoms with Gasteiger partial charge >= 0.3 is 0 Å². The topological polar surface area (TPSA) is 68.3 Å². The van der Waals surface area contributed by atoms with Gasteiger partial charge in [-0.05, 0) is 31.2 Å². The third kappa shape index (κ3) is 2.28. The lowest BCUT2D eigenvalue weighted by molar-refractivity contribution is 0.102. The quantitative estimate of drug-likeness (QED) is 0.784. The zero-order chi connectivity index (χ0) is 12.4. The largest absolute Gasteiger partial charge is 0.469 e. The molecule has 0 bridgehead atoms. The van der Waals surface area contributed by atoms with Crippen LogP contribution in [-0.2, 0) is 0 Å². The maximum absolute atomic E-state index is 13.0. The van der Waals surface area contributed by atoms with Crippen molar-refractivity contribution in [3.05, 3.63) is 47.7 Å². The van der Waals surface area contributed by atoms with Crippen LogP contribution in [0.3, 0.4) is 0 Å². The van der Waals surface area contributed by atoms with Crippen molar-refractivity contribution in [2.75, 3.05) is 11.1 Å². The first-order valence-electron chi connectivity index (χ1n) is 4.98. The number of rotatable bonds is 2. The van der Waals surface area contributed by atoms with Gasteiger partial charge < -0.3 is 15.5 Å². The normalized spacial score (nSPS) is 10.2. The number of nitrogens with one attached hydrogen (secondary N) is 1. The fraction of sp³-hybridized carbons (Fsp3) is 0.0833. The zero-order valence-corrected chi connectivity index (χ0v) is 9.16. The second kappa shape index (κ2) is 4.29. The highest BCUT2D eigenvalue weighted by atomic mass is 19.1. The molecule has 0 spiro atoms. The lowest BCUT2D eigenvalue weighted by atomic mass is 10.2. The van der Waals surface area contributed by atoms with E-state index in [1.807, 2.05) is 0 Å². The summed E-state index contributed by atoms with van der Waals surface area (Å²) in [5.74, 6) is -0.343. The monoisotopic (exact) mass is 234 g/mol. The Morgan fingerprint density at radius 3 is 2.82 bits per heavy atom. The highest BCUT2D eigenvalue weighted by molar-refractivity contribution is 6.06. The number of anilines is 2. The van der Waals surface area contributed by atoms with Crippen LogP contribution in [0, 0.1) is 12.7 Å². The molecule has 2 aromatic rings. The fourth-order valence-electron chi connectivity index (χ4n) is 1.45. The van der Waals surface area contributed by atoms with Gasteiger partial charge in [-0.3, -0.25) is 4.79 Å². The van der Waals surface area contributed by atoms with Crippen molar-refractivity contribution in [3.63, 3.8) is 0 Å². The summed E-state index contributed by atoms with van der Waals surface area (Å²) in [6.45, 7) is 1.67. The lowest BCUT2D eigenvalue weighted by Gasteiger charge is -2.07. The number of hydrogen-bond acceptors (Lipinski definition) is 3. The number of aryl methyl sites for hydroxylation is 1. The molecule has 0 unspecified atom stereocenters. The maximum Gasteiger partial charge on any atom is 0.259 e. The molecular weight excluding hydrogens is 223 g/mol. The van der Waals surface area contributed by atoms with E-state index in [0.29, 0.717) is 17.0 Å². The van der Waals surface area contributed by atoms with E-state index < -0.39 is 5.82 Å². The van der Waals surface area contributed by atoms with Gasteiger partial charge in [-0.2, -0.15) is 0 Å². The Bertz CT molecular complexity index is 563. The van der Waals surface area contributed by atoms with E-state index in [1.165, 1.54) is 24.5 Å². The minimum atomic E-state index is -0.460. The predicted molar refractivity (Wildman–Crippen MR) is 62.2 cm³/mol. The van der Waals surface area contributed by atoms with Crippen molar-refractivity contribution in [1.82, 2.24) is 0 Å². The van der Waals surface area contributed by atoms with Crippen LogP contribution in [-0.4, -0.2) is 5.91 Å². The number of nitrogens with two attached hydrogens (primary N) is 1. The van der Waals surface area contributed by atoms with Crippen molar-refractivity contribution in [2.45, 2.75) is 6.92 Å². The Balaban J connectivity index is 2.24. The Kier molecular flexibility index (Phi) is 2.82. The van der Waals surface area contributed by atoms with Gasteiger partial charge in [0.25, 0.3) is 5.91 Å². The molecule has 5 heteroatoms. The molecule has 0 aliphatic rings. The molecule has 0 aliphatic carbocycles. The van der Waals surface area contributed by atoms with Crippen molar-refractivity contribution in [3.8, 4) is 0 Å². The van der Waals surface area contributed by atoms with Crippen molar-refractivity contribution < 1.29 is 13.6 Å². The highest BCUT2D eigenvalue weighted by Crippen LogP contribution is 2.20. The SMILES string of the molecule is Cc1occc1C(=O)Nc1cc(F)ccc1N. The fourth-order valence-corrected chi connectivity index (χ4v) is 1.45. The van der Waals surface area contributed by atoms with Crippen LogP contribution in [0.1, 0.15) is 16.1 Å². The Hall–Kier alpha value is -2.30. The molecule has 3 N–H and O–H groups in total. The molecule has 0 fully saturated rings. The van der Waals surface area contributed by atoms with Crippen LogP contribution in [0.4, 0.5) is 15.8 Å². The number of halogens is 1. The molecule has 2 rings (SSSR count). The van der Waals surface area contributed by atoms with Crippen LogP contribution in [0.25, 0.3) is 0 Å². The minimum Gasteiger partial charge on any atom is -0.469 e. The number of furan rings is 1. The smallest absolute Gasteiger partial charge is 0.259 e. The first kappa shape index (κ1) is 11.2. The van der Waals surface area contributed by atoms with E-state index in [2.05, 4.69) is 5.32 Å². The van der Waals surface area contributed by atoms with E-state index in [4.69, 9.17) is 10.2 Å². The van der Waals surface area contributed by atoms with E-state index >= 15 is 0 Å². The molecule has 0 aliphatic heterocycles. The van der Waals surface area contributed by atoms with Crippen LogP contribution in [0.15, 0.2) is 34.9 Å². The number of carbonyl (C=O) groups excluding carboxylic acids is 1. The standard InChI is InChI=1S/C12H11FN2O2/c1-7-9(4-5-17-7)12(16)15-11-6-8(13)2-3-10(11)14/h2-6H,14H2,1H3,(H,15,16). The van der Waals surface area contributed by atoms with Crippen molar-refractivity contribution in [2.24, 2.45) is 0 Å². The van der Waals surface area contributed by atoms with Gasteiger partial charge in [0.15, 0.2) is 0 Å². The second-order valence-electron chi connectivity index (χ2n) is 3.58. The Labute approximate surface area is 97.2 Å². The molecule has 0 radical (unpaired) electrons. The second-order valence-corrected chi connectivity index (χ2v) is 3.58. The molecule has 88 valence electrons. The van der Waals surface area contributed by atoms with Gasteiger partial charge in [0, 0.05) is 0 Å². The van der Waals surface area contributed by atoms with Crippen molar-refractivity contribution >= 4 is 17.3 Å². The van der Waals surface area contributed by atoms with Gasteiger partial charge in [0.1, 0.15) is 11.6 Å². The van der Waals surface area contributed by atoms with Gasteiger partial charge in [0.2, 0.25) is 0 Å². The van der Waals surface area contributed by atoms with E-state index in [0.717, 1.165) is 0 Å². The number of carbonyl (C=O) groups is 1. The van der Waals surface area contributed by atoms with Crippen LogP contribution < -0.4 is 11.1 Å². The average molecular weight is 234 g/mol. The third-order valence-corrected chi connectivity index (χ3v) is 2.37. The molecule has 1 aromatic heterocycles. The molecular formula is C12H11FN2O2. The summed E-state index contributed by atoms with van der Waals surface area (Å²) in [5.41, 5.74) is 6.57. The summed E-state index contributed by atoms with van der Waals surface area (Å²) in [6.07, 6.45) is 1.42. The number of amides is 1. The van der Waals surface area contributed by atoms with Crippen LogP contribution in [0.5, 0.6) is 0 Å². The summed E-state index contributed by atoms with van der Waals surface area (Å²) >= 11 is 0. The summed E-state index contributed by atoms with van der Waals surface area (Å²) in [5, 5.41) is 2.53.